The van der Waals surface area contributed by atoms with E-state index in [0.29, 0.717) is 11.8 Å². The van der Waals surface area contributed by atoms with Crippen molar-refractivity contribution in [3.63, 3.8) is 0 Å². The average molecular weight is 447 g/mol. The third-order valence-electron chi connectivity index (χ3n) is 6.41. The average Bonchev–Trinajstić information content (AvgIpc) is 3.53. The summed E-state index contributed by atoms with van der Waals surface area (Å²) < 4.78 is 0. The van der Waals surface area contributed by atoms with E-state index < -0.39 is 0 Å². The number of fused-ring (bicyclic) bond motifs is 6. The number of rotatable bonds is 4. The van der Waals surface area contributed by atoms with Crippen LogP contribution in [0.5, 0.6) is 0 Å². The Labute approximate surface area is 197 Å². The molecule has 6 rings (SSSR count). The molecule has 6 aromatic rings. The van der Waals surface area contributed by atoms with Crippen LogP contribution >= 0.6 is 0 Å². The number of nitrogens with one attached hydrogen (secondary N) is 2. The van der Waals surface area contributed by atoms with E-state index in [1.165, 1.54) is 0 Å². The van der Waals surface area contributed by atoms with Crippen molar-refractivity contribution in [2.45, 2.75) is 39.5 Å². The van der Waals surface area contributed by atoms with Crippen LogP contribution in [0.1, 0.15) is 51.2 Å². The molecular formula is C28H26N6. The first-order valence-electron chi connectivity index (χ1n) is 11.7. The van der Waals surface area contributed by atoms with Gasteiger partial charge >= 0.3 is 0 Å². The van der Waals surface area contributed by atoms with E-state index in [1.807, 2.05) is 6.20 Å². The maximum Gasteiger partial charge on any atom is 0.115 e. The molecule has 0 saturated carbocycles. The van der Waals surface area contributed by atoms with E-state index in [-0.39, 0.29) is 0 Å². The predicted octanol–water partition coefficient (Wildman–Crippen LogP) is 6.96. The van der Waals surface area contributed by atoms with Crippen LogP contribution in [0.25, 0.3) is 55.2 Å². The number of imidazole rings is 2. The summed E-state index contributed by atoms with van der Waals surface area (Å²) in [6, 6.07) is 15.1. The Bertz CT molecular complexity index is 1650. The van der Waals surface area contributed by atoms with Crippen molar-refractivity contribution >= 4 is 32.8 Å². The molecule has 0 unspecified atom stereocenters. The summed E-state index contributed by atoms with van der Waals surface area (Å²) >= 11 is 0. The van der Waals surface area contributed by atoms with Gasteiger partial charge in [0.1, 0.15) is 17.2 Å². The summed E-state index contributed by atoms with van der Waals surface area (Å²) in [7, 11) is 0. The summed E-state index contributed by atoms with van der Waals surface area (Å²) in [5.41, 5.74) is 8.11. The van der Waals surface area contributed by atoms with Crippen molar-refractivity contribution in [2.24, 2.45) is 0 Å². The molecule has 0 atom stereocenters. The lowest BCUT2D eigenvalue weighted by Crippen LogP contribution is -1.89. The summed E-state index contributed by atoms with van der Waals surface area (Å²) in [4.78, 5) is 25.7. The normalized spacial score (nSPS) is 12.1. The Morgan fingerprint density at radius 1 is 0.618 bits per heavy atom. The molecule has 0 spiro atoms. The van der Waals surface area contributed by atoms with E-state index in [9.17, 15) is 0 Å². The van der Waals surface area contributed by atoms with E-state index in [4.69, 9.17) is 9.97 Å². The Morgan fingerprint density at radius 3 is 2.00 bits per heavy atom. The van der Waals surface area contributed by atoms with Crippen LogP contribution in [0.3, 0.4) is 0 Å². The van der Waals surface area contributed by atoms with E-state index in [0.717, 1.165) is 66.9 Å². The second-order valence-corrected chi connectivity index (χ2v) is 9.43. The number of benzene rings is 3. The van der Waals surface area contributed by atoms with Crippen LogP contribution in [0.15, 0.2) is 61.1 Å². The minimum absolute atomic E-state index is 0.304. The molecule has 0 saturated heterocycles. The van der Waals surface area contributed by atoms with Crippen LogP contribution in [0.2, 0.25) is 0 Å². The van der Waals surface area contributed by atoms with E-state index in [1.54, 1.807) is 12.4 Å². The molecule has 3 aromatic heterocycles. The quantitative estimate of drug-likeness (QED) is 0.287. The number of aromatic amines is 2. The fraction of sp³-hybridized carbons (Fsp3) is 0.214. The van der Waals surface area contributed by atoms with E-state index >= 15 is 0 Å². The molecule has 6 nitrogen and oxygen atoms in total. The first-order valence-corrected chi connectivity index (χ1v) is 11.7. The van der Waals surface area contributed by atoms with Crippen LogP contribution in [-0.4, -0.2) is 29.9 Å². The largest absolute Gasteiger partial charge is 0.342 e. The van der Waals surface area contributed by atoms with Crippen molar-refractivity contribution in [1.29, 1.82) is 0 Å². The third-order valence-corrected chi connectivity index (χ3v) is 6.41. The number of hydrogen-bond donors (Lipinski definition) is 2. The fourth-order valence-electron chi connectivity index (χ4n) is 4.49. The highest BCUT2D eigenvalue weighted by Gasteiger charge is 2.16. The Hall–Kier alpha value is -4.06. The lowest BCUT2D eigenvalue weighted by molar-refractivity contribution is 0.795. The first kappa shape index (κ1) is 20.5. The second-order valence-electron chi connectivity index (χ2n) is 9.43. The smallest absolute Gasteiger partial charge is 0.115 e. The van der Waals surface area contributed by atoms with Crippen LogP contribution in [-0.2, 0) is 0 Å². The van der Waals surface area contributed by atoms with Gasteiger partial charge in [-0.1, -0.05) is 64.1 Å². The Balaban J connectivity index is 1.48. The number of hydrogen-bond acceptors (Lipinski definition) is 4. The predicted molar refractivity (Wildman–Crippen MR) is 138 cm³/mol. The molecule has 0 radical (unpaired) electrons. The molecule has 168 valence electrons. The number of nitrogens with zero attached hydrogens (tertiary/aromatic N) is 4. The zero-order valence-corrected chi connectivity index (χ0v) is 19.7. The fourth-order valence-corrected chi connectivity index (χ4v) is 4.49. The molecule has 0 bridgehead atoms. The van der Waals surface area contributed by atoms with Crippen LogP contribution in [0.4, 0.5) is 0 Å². The molecule has 0 aliphatic carbocycles. The van der Waals surface area contributed by atoms with Gasteiger partial charge in [-0.05, 0) is 22.8 Å². The van der Waals surface area contributed by atoms with Gasteiger partial charge in [0.25, 0.3) is 0 Å². The topological polar surface area (TPSA) is 83.1 Å². The van der Waals surface area contributed by atoms with Crippen molar-refractivity contribution in [2.75, 3.05) is 0 Å². The highest BCUT2D eigenvalue weighted by atomic mass is 14.9. The third kappa shape index (κ3) is 3.25. The van der Waals surface area contributed by atoms with Crippen LogP contribution in [0, 0.1) is 0 Å². The van der Waals surface area contributed by atoms with Gasteiger partial charge in [0, 0.05) is 35.0 Å². The van der Waals surface area contributed by atoms with Gasteiger partial charge in [0.2, 0.25) is 0 Å². The molecule has 0 aliphatic heterocycles. The maximum absolute atomic E-state index is 4.92. The minimum atomic E-state index is 0.304. The zero-order chi connectivity index (χ0) is 23.4. The molecule has 3 heterocycles. The number of aromatic nitrogens is 6. The van der Waals surface area contributed by atoms with Crippen molar-refractivity contribution in [1.82, 2.24) is 29.9 Å². The van der Waals surface area contributed by atoms with Gasteiger partial charge in [0.15, 0.2) is 0 Å². The molecule has 2 N–H and O–H groups in total. The SMILES string of the molecule is CC(C)c1ncc(-c2ccc(-c3ccc4c(c3)c3nccnc3c3[nH]c(C(C)C)nc43)cc2)[nH]1. The summed E-state index contributed by atoms with van der Waals surface area (Å²) in [6.07, 6.45) is 5.41. The molecule has 3 aromatic carbocycles. The van der Waals surface area contributed by atoms with Gasteiger partial charge in [-0.25, -0.2) is 9.97 Å². The Morgan fingerprint density at radius 2 is 1.29 bits per heavy atom. The standard InChI is InChI=1S/C28H26N6/c1-15(2)27-31-14-22(32-27)18-7-5-17(6-8-18)19-9-10-20-21(13-19)23-25(30-12-11-29-23)26-24(20)33-28(34-26)16(3)4/h5-16H,1-4H3,(H,31,32)(H,33,34). The second kappa shape index (κ2) is 7.76. The number of H-pyrrole nitrogens is 2. The minimum Gasteiger partial charge on any atom is -0.342 e. The molecular weight excluding hydrogens is 420 g/mol. The van der Waals surface area contributed by atoms with Crippen molar-refractivity contribution < 1.29 is 0 Å². The van der Waals surface area contributed by atoms with Crippen LogP contribution < -0.4 is 0 Å². The van der Waals surface area contributed by atoms with Gasteiger partial charge < -0.3 is 9.97 Å². The molecule has 34 heavy (non-hydrogen) atoms. The summed E-state index contributed by atoms with van der Waals surface area (Å²) in [6.45, 7) is 8.56. The van der Waals surface area contributed by atoms with Gasteiger partial charge in [0.05, 0.1) is 28.4 Å². The monoisotopic (exact) mass is 446 g/mol. The summed E-state index contributed by atoms with van der Waals surface area (Å²) in [5.74, 6) is 2.65. The summed E-state index contributed by atoms with van der Waals surface area (Å²) in [5, 5.41) is 2.15. The van der Waals surface area contributed by atoms with Crippen molar-refractivity contribution in [3.05, 3.63) is 72.7 Å². The maximum atomic E-state index is 4.92. The highest BCUT2D eigenvalue weighted by Crippen LogP contribution is 2.35. The van der Waals surface area contributed by atoms with Gasteiger partial charge in [-0.15, -0.1) is 0 Å². The van der Waals surface area contributed by atoms with Gasteiger partial charge in [-0.3, -0.25) is 9.97 Å². The Kier molecular flexibility index (Phi) is 4.69. The lowest BCUT2D eigenvalue weighted by atomic mass is 9.98. The van der Waals surface area contributed by atoms with Gasteiger partial charge in [-0.2, -0.15) is 0 Å². The molecule has 0 aliphatic rings. The first-order chi connectivity index (χ1) is 16.5. The van der Waals surface area contributed by atoms with E-state index in [2.05, 4.69) is 90.1 Å². The van der Waals surface area contributed by atoms with Crippen molar-refractivity contribution in [3.8, 4) is 22.4 Å². The zero-order valence-electron chi connectivity index (χ0n) is 19.7. The molecule has 0 amide bonds. The lowest BCUT2D eigenvalue weighted by Gasteiger charge is -2.08. The highest BCUT2D eigenvalue weighted by molar-refractivity contribution is 6.21. The molecule has 0 fully saturated rings. The molecule has 6 heteroatoms.